The highest BCUT2D eigenvalue weighted by Gasteiger charge is 2.27. The number of imidazole rings is 1. The molecule has 1 amide bonds. The van der Waals surface area contributed by atoms with Crippen LogP contribution in [0.4, 0.5) is 10.6 Å². The van der Waals surface area contributed by atoms with Gasteiger partial charge in [0, 0.05) is 49.8 Å². The molecule has 4 aromatic carbocycles. The molecule has 2 atom stereocenters. The number of nitrogens with zero attached hydrogens (tertiary/aromatic N) is 6. The Bertz CT molecular complexity index is 2510. The number of anilines is 1. The molecule has 364 valence electrons. The minimum Gasteiger partial charge on any atom is -0.497 e. The molecule has 16 nitrogen and oxygen atoms in total. The molecule has 0 fully saturated rings. The fraction of sp³-hybridized carbons (Fsp3) is 0.423. The topological polar surface area (TPSA) is 161 Å². The second-order valence-electron chi connectivity index (χ2n) is 17.4. The number of likely N-dealkylation sites (N-methyl/N-ethyl adjacent to an activating group) is 1. The highest BCUT2D eigenvalue weighted by Crippen LogP contribution is 2.35. The van der Waals surface area contributed by atoms with Gasteiger partial charge in [0.05, 0.1) is 60.1 Å². The van der Waals surface area contributed by atoms with Crippen LogP contribution < -0.4 is 33.3 Å². The summed E-state index contributed by atoms with van der Waals surface area (Å²) in [4.78, 5) is 26.0. The number of amides is 1. The maximum absolute atomic E-state index is 12.5. The third-order valence-corrected chi connectivity index (χ3v) is 11.1. The summed E-state index contributed by atoms with van der Waals surface area (Å²) in [6, 6.07) is 27.0. The predicted molar refractivity (Wildman–Crippen MR) is 259 cm³/mol. The molecule has 0 aliphatic heterocycles. The minimum atomic E-state index is -1.17. The molecule has 1 N–H and O–H groups in total. The van der Waals surface area contributed by atoms with Crippen LogP contribution >= 0.6 is 0 Å². The number of aromatic nitrogens is 4. The van der Waals surface area contributed by atoms with E-state index >= 15 is 0 Å². The molecule has 0 saturated heterocycles. The van der Waals surface area contributed by atoms with Crippen molar-refractivity contribution in [3.63, 3.8) is 0 Å². The van der Waals surface area contributed by atoms with Crippen molar-refractivity contribution in [2.45, 2.75) is 91.4 Å². The van der Waals surface area contributed by atoms with E-state index in [-0.39, 0.29) is 18.7 Å². The zero-order valence-corrected chi connectivity index (χ0v) is 41.0. The number of carbonyl (C=O) groups excluding carboxylic acids is 1. The first-order valence-corrected chi connectivity index (χ1v) is 22.8. The number of carbonyl (C=O) groups is 1. The molecule has 68 heavy (non-hydrogen) atoms. The number of methoxy groups -OCH3 is 4. The van der Waals surface area contributed by atoms with E-state index in [4.69, 9.17) is 53.0 Å². The lowest BCUT2D eigenvalue weighted by Crippen LogP contribution is -2.36. The number of benzene rings is 4. The predicted octanol–water partition coefficient (Wildman–Crippen LogP) is 9.16. The molecule has 0 spiro atoms. The minimum absolute atomic E-state index is 0.102. The monoisotopic (exact) mass is 934 g/mol. The van der Waals surface area contributed by atoms with Crippen LogP contribution in [0.25, 0.3) is 5.65 Å². The molecule has 16 heteroatoms. The zero-order valence-electron chi connectivity index (χ0n) is 41.0. The van der Waals surface area contributed by atoms with Crippen molar-refractivity contribution in [3.05, 3.63) is 125 Å². The molecule has 2 aromatic heterocycles. The Balaban J connectivity index is 1.38. The van der Waals surface area contributed by atoms with Crippen LogP contribution in [0.1, 0.15) is 86.6 Å². The van der Waals surface area contributed by atoms with Crippen molar-refractivity contribution in [1.29, 1.82) is 0 Å². The zero-order chi connectivity index (χ0) is 48.8. The summed E-state index contributed by atoms with van der Waals surface area (Å²) in [5.41, 5.74) is 4.34. The van der Waals surface area contributed by atoms with E-state index in [0.717, 1.165) is 35.1 Å². The summed E-state index contributed by atoms with van der Waals surface area (Å²) in [5.74, 6) is 3.59. The quantitative estimate of drug-likeness (QED) is 0.0572. The summed E-state index contributed by atoms with van der Waals surface area (Å²) in [5, 5.41) is 17.1. The van der Waals surface area contributed by atoms with Crippen molar-refractivity contribution in [2.24, 2.45) is 0 Å². The highest BCUT2D eigenvalue weighted by atomic mass is 16.6. The first kappa shape index (κ1) is 50.6. The summed E-state index contributed by atoms with van der Waals surface area (Å²) < 4.78 is 48.8. The van der Waals surface area contributed by atoms with Crippen LogP contribution in [-0.4, -0.2) is 103 Å². The third kappa shape index (κ3) is 13.4. The van der Waals surface area contributed by atoms with Crippen molar-refractivity contribution in [1.82, 2.24) is 24.5 Å². The maximum Gasteiger partial charge on any atom is 0.410 e. The molecule has 0 saturated carbocycles. The molecule has 1 unspecified atom stereocenters. The Kier molecular flexibility index (Phi) is 17.7. The Morgan fingerprint density at radius 3 is 2.06 bits per heavy atom. The van der Waals surface area contributed by atoms with Gasteiger partial charge in [0.1, 0.15) is 53.2 Å². The standard InChI is InChI=1S/C52H66N6O10/c1-11-15-40(24-26-65-34-36-16-13-12-14-17-36)67-50-54-49(57(32-38-18-21-41(61-7)29-45(38)63-9)33-39-19-22-42(62-8)30-46(39)64-10)48-53-31-43(58(48)55-50)47(59)37-20-23-44(35(2)28-37)66-27-25-56(6)51(60)68-52(3,4)5/h12-14,16-23,28-31,40,47,59H,11,15,24-27,32-34H2,1-10H3/t40-,47?/m1/s1. The normalized spacial score (nSPS) is 12.3. The number of ether oxygens (including phenoxy) is 8. The number of rotatable bonds is 24. The average Bonchev–Trinajstić information content (AvgIpc) is 3.76. The van der Waals surface area contributed by atoms with Crippen molar-refractivity contribution in [3.8, 4) is 34.8 Å². The Hall–Kier alpha value is -6.78. The van der Waals surface area contributed by atoms with Gasteiger partial charge < -0.3 is 52.8 Å². The molecule has 0 radical (unpaired) electrons. The van der Waals surface area contributed by atoms with Gasteiger partial charge in [-0.05, 0) is 87.2 Å². The number of aliphatic hydroxyl groups excluding tert-OH is 1. The molecule has 0 aliphatic rings. The van der Waals surface area contributed by atoms with Crippen LogP contribution in [0.3, 0.4) is 0 Å². The van der Waals surface area contributed by atoms with Crippen molar-refractivity contribution < 1.29 is 47.8 Å². The molecule has 2 heterocycles. The Morgan fingerprint density at radius 2 is 1.47 bits per heavy atom. The lowest BCUT2D eigenvalue weighted by atomic mass is 10.0. The van der Waals surface area contributed by atoms with Crippen LogP contribution in [0.5, 0.6) is 34.8 Å². The largest absolute Gasteiger partial charge is 0.497 e. The van der Waals surface area contributed by atoms with Gasteiger partial charge in [0.25, 0.3) is 0 Å². The smallest absolute Gasteiger partial charge is 0.410 e. The number of aliphatic hydroxyl groups is 1. The maximum atomic E-state index is 12.5. The van der Waals surface area contributed by atoms with E-state index in [2.05, 4.69) is 11.8 Å². The van der Waals surface area contributed by atoms with E-state index in [9.17, 15) is 9.90 Å². The van der Waals surface area contributed by atoms with Crippen molar-refractivity contribution in [2.75, 3.05) is 60.1 Å². The van der Waals surface area contributed by atoms with Gasteiger partial charge in [-0.1, -0.05) is 49.7 Å². The van der Waals surface area contributed by atoms with Gasteiger partial charge in [0.2, 0.25) is 0 Å². The summed E-state index contributed by atoms with van der Waals surface area (Å²) in [6.07, 6.45) is 1.91. The van der Waals surface area contributed by atoms with E-state index in [1.165, 1.54) is 4.90 Å². The molecule has 0 aliphatic carbocycles. The Labute approximate surface area is 399 Å². The van der Waals surface area contributed by atoms with Gasteiger partial charge in [0.15, 0.2) is 11.5 Å². The number of hydrogen-bond acceptors (Lipinski definition) is 14. The number of hydrogen-bond donors (Lipinski definition) is 1. The van der Waals surface area contributed by atoms with Crippen molar-refractivity contribution >= 4 is 17.6 Å². The van der Waals surface area contributed by atoms with Gasteiger partial charge in [-0.15, -0.1) is 5.10 Å². The fourth-order valence-corrected chi connectivity index (χ4v) is 7.51. The molecule has 6 aromatic rings. The van der Waals surface area contributed by atoms with Crippen LogP contribution in [0, 0.1) is 6.92 Å². The van der Waals surface area contributed by atoms with Crippen LogP contribution in [0.15, 0.2) is 91.1 Å². The van der Waals surface area contributed by atoms with Gasteiger partial charge in [-0.3, -0.25) is 0 Å². The summed E-state index contributed by atoms with van der Waals surface area (Å²) >= 11 is 0. The molecular formula is C52H66N6O10. The van der Waals surface area contributed by atoms with E-state index in [0.29, 0.717) is 90.7 Å². The third-order valence-electron chi connectivity index (χ3n) is 11.1. The number of fused-ring (bicyclic) bond motifs is 1. The summed E-state index contributed by atoms with van der Waals surface area (Å²) in [6.45, 7) is 11.6. The Morgan fingerprint density at radius 1 is 0.809 bits per heavy atom. The van der Waals surface area contributed by atoms with E-state index < -0.39 is 17.8 Å². The van der Waals surface area contributed by atoms with Gasteiger partial charge in [-0.25, -0.2) is 14.3 Å². The first-order chi connectivity index (χ1) is 32.7. The second kappa shape index (κ2) is 23.8. The second-order valence-corrected chi connectivity index (χ2v) is 17.4. The lowest BCUT2D eigenvalue weighted by molar-refractivity contribution is 0.0278. The SMILES string of the molecule is CCC[C@H](CCOCc1ccccc1)Oc1nc(N(Cc2ccc(OC)cc2OC)Cc2ccc(OC)cc2OC)c2ncc(C(O)c3ccc(OCCN(C)C(=O)OC(C)(C)C)c(C)c3)n2n1. The molecule has 0 bridgehead atoms. The van der Waals surface area contributed by atoms with E-state index in [1.807, 2.05) is 100 Å². The van der Waals surface area contributed by atoms with E-state index in [1.54, 1.807) is 58.3 Å². The molecular weight excluding hydrogens is 869 g/mol. The summed E-state index contributed by atoms with van der Waals surface area (Å²) in [7, 11) is 8.13. The fourth-order valence-electron chi connectivity index (χ4n) is 7.51. The average molecular weight is 935 g/mol. The lowest BCUT2D eigenvalue weighted by Gasteiger charge is -2.27. The van der Waals surface area contributed by atoms with Gasteiger partial charge >= 0.3 is 12.1 Å². The van der Waals surface area contributed by atoms with Crippen LogP contribution in [0.2, 0.25) is 0 Å². The number of aryl methyl sites for hydroxylation is 1. The first-order valence-electron chi connectivity index (χ1n) is 22.8. The van der Waals surface area contributed by atoms with Crippen LogP contribution in [-0.2, 0) is 29.2 Å². The highest BCUT2D eigenvalue weighted by molar-refractivity contribution is 5.68. The van der Waals surface area contributed by atoms with Gasteiger partial charge in [-0.2, -0.15) is 4.98 Å². The molecule has 6 rings (SSSR count).